The van der Waals surface area contributed by atoms with Crippen molar-refractivity contribution >= 4 is 11.8 Å². The number of hydrogen-bond donors (Lipinski definition) is 0. The molecule has 0 radical (unpaired) electrons. The summed E-state index contributed by atoms with van der Waals surface area (Å²) in [5.74, 6) is 1.66. The molecule has 152 valence electrons. The van der Waals surface area contributed by atoms with E-state index in [1.165, 1.54) is 11.1 Å². The molecule has 5 heteroatoms. The number of fused-ring (bicyclic) bond motifs is 1. The monoisotopic (exact) mass is 392 g/mol. The fourth-order valence-electron chi connectivity index (χ4n) is 4.82. The minimum Gasteiger partial charge on any atom is -0.493 e. The van der Waals surface area contributed by atoms with Gasteiger partial charge in [-0.3, -0.25) is 9.59 Å². The van der Waals surface area contributed by atoms with Crippen LogP contribution in [0.2, 0.25) is 0 Å². The van der Waals surface area contributed by atoms with Gasteiger partial charge in [-0.1, -0.05) is 42.5 Å². The number of carbonyl (C=O) groups is 2. The van der Waals surface area contributed by atoms with E-state index in [1.807, 2.05) is 52.3 Å². The zero-order chi connectivity index (χ0) is 20.4. The number of nitrogens with zero attached hydrogens (tertiary/aromatic N) is 2. The van der Waals surface area contributed by atoms with Gasteiger partial charge in [0, 0.05) is 38.4 Å². The summed E-state index contributed by atoms with van der Waals surface area (Å²) in [5, 5.41) is 0. The minimum absolute atomic E-state index is 0.0528. The molecule has 2 saturated heterocycles. The second kappa shape index (κ2) is 8.27. The molecule has 2 aromatic rings. The third kappa shape index (κ3) is 4.00. The van der Waals surface area contributed by atoms with E-state index in [9.17, 15) is 9.59 Å². The van der Waals surface area contributed by atoms with Crippen molar-refractivity contribution in [3.05, 3.63) is 65.7 Å². The maximum atomic E-state index is 12.8. The zero-order valence-corrected chi connectivity index (χ0v) is 17.1. The molecule has 0 aliphatic carbocycles. The van der Waals surface area contributed by atoms with Gasteiger partial charge >= 0.3 is 0 Å². The summed E-state index contributed by atoms with van der Waals surface area (Å²) < 4.78 is 5.68. The molecule has 2 amide bonds. The fraction of sp³-hybridized carbons (Fsp3) is 0.417. The van der Waals surface area contributed by atoms with Gasteiger partial charge in [-0.05, 0) is 30.2 Å². The maximum Gasteiger partial charge on any atom is 0.226 e. The smallest absolute Gasteiger partial charge is 0.226 e. The fourth-order valence-corrected chi connectivity index (χ4v) is 4.82. The van der Waals surface area contributed by atoms with E-state index < -0.39 is 0 Å². The second-order valence-corrected chi connectivity index (χ2v) is 8.11. The van der Waals surface area contributed by atoms with Gasteiger partial charge in [0.05, 0.1) is 19.1 Å². The molecular weight excluding hydrogens is 364 g/mol. The highest BCUT2D eigenvalue weighted by molar-refractivity contribution is 5.77. The van der Waals surface area contributed by atoms with Gasteiger partial charge in [-0.2, -0.15) is 0 Å². The number of carbonyl (C=O) groups excluding carboxylic acids is 2. The molecule has 2 fully saturated rings. The van der Waals surface area contributed by atoms with Gasteiger partial charge in [0.2, 0.25) is 11.8 Å². The lowest BCUT2D eigenvalue weighted by molar-refractivity contribution is -0.132. The Kier molecular flexibility index (Phi) is 5.56. The molecule has 0 N–H and O–H groups in total. The predicted octanol–water partition coefficient (Wildman–Crippen LogP) is 3.44. The molecule has 2 aromatic carbocycles. The van der Waals surface area contributed by atoms with Crippen LogP contribution in [0.1, 0.15) is 30.5 Å². The quantitative estimate of drug-likeness (QED) is 0.783. The van der Waals surface area contributed by atoms with Crippen LogP contribution in [0.3, 0.4) is 0 Å². The topological polar surface area (TPSA) is 49.9 Å². The first-order valence-corrected chi connectivity index (χ1v) is 10.3. The van der Waals surface area contributed by atoms with E-state index in [4.69, 9.17) is 4.74 Å². The molecule has 2 aliphatic heterocycles. The standard InChI is InChI=1S/C24H28N2O3/c1-17-8-6-7-11-21(17)24-22-16-25(14-19(22)15-26(24)18(2)27)23(28)12-13-29-20-9-4-3-5-10-20/h3-11,19,22,24H,12-16H2,1-2H3/t19-,22-,24-/m1/s1. The van der Waals surface area contributed by atoms with Crippen LogP contribution in [0, 0.1) is 18.8 Å². The lowest BCUT2D eigenvalue weighted by atomic mass is 9.87. The van der Waals surface area contributed by atoms with Crippen LogP contribution in [0.25, 0.3) is 0 Å². The van der Waals surface area contributed by atoms with E-state index in [0.717, 1.165) is 18.8 Å². The van der Waals surface area contributed by atoms with Crippen LogP contribution in [0.15, 0.2) is 54.6 Å². The summed E-state index contributed by atoms with van der Waals surface area (Å²) in [6.07, 6.45) is 0.375. The summed E-state index contributed by atoms with van der Waals surface area (Å²) in [6, 6.07) is 17.9. The molecule has 29 heavy (non-hydrogen) atoms. The molecule has 3 atom stereocenters. The van der Waals surface area contributed by atoms with Crippen LogP contribution in [0.4, 0.5) is 0 Å². The molecule has 0 saturated carbocycles. The van der Waals surface area contributed by atoms with Crippen molar-refractivity contribution in [1.29, 1.82) is 0 Å². The van der Waals surface area contributed by atoms with Gasteiger partial charge < -0.3 is 14.5 Å². The average molecular weight is 392 g/mol. The summed E-state index contributed by atoms with van der Waals surface area (Å²) >= 11 is 0. The van der Waals surface area contributed by atoms with Crippen molar-refractivity contribution in [2.45, 2.75) is 26.3 Å². The maximum absolute atomic E-state index is 12.8. The summed E-state index contributed by atoms with van der Waals surface area (Å²) in [5.41, 5.74) is 2.40. The number of amides is 2. The van der Waals surface area contributed by atoms with E-state index in [1.54, 1.807) is 6.92 Å². The van der Waals surface area contributed by atoms with Crippen LogP contribution in [-0.4, -0.2) is 47.9 Å². The molecule has 0 aromatic heterocycles. The van der Waals surface area contributed by atoms with E-state index in [0.29, 0.717) is 31.4 Å². The van der Waals surface area contributed by atoms with Crippen LogP contribution in [0.5, 0.6) is 5.75 Å². The lowest BCUT2D eigenvalue weighted by Gasteiger charge is -2.30. The highest BCUT2D eigenvalue weighted by atomic mass is 16.5. The average Bonchev–Trinajstić information content (AvgIpc) is 3.27. The first-order valence-electron chi connectivity index (χ1n) is 10.3. The van der Waals surface area contributed by atoms with Crippen LogP contribution in [-0.2, 0) is 9.59 Å². The molecule has 0 spiro atoms. The number of rotatable bonds is 5. The van der Waals surface area contributed by atoms with E-state index >= 15 is 0 Å². The van der Waals surface area contributed by atoms with Crippen molar-refractivity contribution in [2.24, 2.45) is 11.8 Å². The normalized spacial score (nSPS) is 23.2. The first-order chi connectivity index (χ1) is 14.0. The third-order valence-corrected chi connectivity index (χ3v) is 6.26. The van der Waals surface area contributed by atoms with Crippen LogP contribution < -0.4 is 4.74 Å². The Labute approximate surface area is 172 Å². The number of hydrogen-bond acceptors (Lipinski definition) is 3. The number of ether oxygens (including phenoxy) is 1. The summed E-state index contributed by atoms with van der Waals surface area (Å²) in [6.45, 7) is 6.29. The van der Waals surface area contributed by atoms with Crippen molar-refractivity contribution in [3.63, 3.8) is 0 Å². The largest absolute Gasteiger partial charge is 0.493 e. The highest BCUT2D eigenvalue weighted by Gasteiger charge is 2.49. The Balaban J connectivity index is 1.41. The van der Waals surface area contributed by atoms with Crippen LogP contribution >= 0.6 is 0 Å². The Morgan fingerprint density at radius 2 is 1.72 bits per heavy atom. The van der Waals surface area contributed by atoms with Gasteiger partial charge in [-0.25, -0.2) is 0 Å². The second-order valence-electron chi connectivity index (χ2n) is 8.11. The number of aryl methyl sites for hydroxylation is 1. The number of likely N-dealkylation sites (tertiary alicyclic amines) is 2. The molecule has 4 rings (SSSR count). The van der Waals surface area contributed by atoms with Crippen molar-refractivity contribution in [1.82, 2.24) is 9.80 Å². The summed E-state index contributed by atoms with van der Waals surface area (Å²) in [4.78, 5) is 29.0. The molecule has 0 unspecified atom stereocenters. The van der Waals surface area contributed by atoms with E-state index in [-0.39, 0.29) is 17.9 Å². The molecule has 2 heterocycles. The van der Waals surface area contributed by atoms with Crippen molar-refractivity contribution in [3.8, 4) is 5.75 Å². The first kappa shape index (κ1) is 19.5. The van der Waals surface area contributed by atoms with Gasteiger partial charge in [0.15, 0.2) is 0 Å². The lowest BCUT2D eigenvalue weighted by Crippen LogP contribution is -2.37. The van der Waals surface area contributed by atoms with Gasteiger partial charge in [-0.15, -0.1) is 0 Å². The zero-order valence-electron chi connectivity index (χ0n) is 17.1. The van der Waals surface area contributed by atoms with Crippen molar-refractivity contribution in [2.75, 3.05) is 26.2 Å². The molecule has 2 aliphatic rings. The number of benzene rings is 2. The summed E-state index contributed by atoms with van der Waals surface area (Å²) in [7, 11) is 0. The van der Waals surface area contributed by atoms with Gasteiger partial charge in [0.25, 0.3) is 0 Å². The van der Waals surface area contributed by atoms with E-state index in [2.05, 4.69) is 19.1 Å². The Morgan fingerprint density at radius 1 is 1.00 bits per heavy atom. The molecule has 5 nitrogen and oxygen atoms in total. The third-order valence-electron chi connectivity index (χ3n) is 6.26. The number of para-hydroxylation sites is 1. The Morgan fingerprint density at radius 3 is 2.45 bits per heavy atom. The minimum atomic E-state index is 0.0528. The van der Waals surface area contributed by atoms with Crippen molar-refractivity contribution < 1.29 is 14.3 Å². The molecular formula is C24H28N2O3. The Hall–Kier alpha value is -2.82. The highest BCUT2D eigenvalue weighted by Crippen LogP contribution is 2.45. The Bertz CT molecular complexity index is 883. The predicted molar refractivity (Wildman–Crippen MR) is 111 cm³/mol. The van der Waals surface area contributed by atoms with Gasteiger partial charge in [0.1, 0.15) is 5.75 Å². The molecule has 0 bridgehead atoms. The SMILES string of the molecule is CC(=O)N1C[C@H]2CN(C(=O)CCOc3ccccc3)C[C@H]2[C@H]1c1ccccc1C.